The van der Waals surface area contributed by atoms with Crippen molar-refractivity contribution >= 4 is 17.5 Å². The molecule has 21 heavy (non-hydrogen) atoms. The number of fused-ring (bicyclic) bond motifs is 1. The fraction of sp³-hybridized carbons (Fsp3) is 0.235. The Morgan fingerprint density at radius 1 is 1.19 bits per heavy atom. The molecule has 0 atom stereocenters. The molecule has 4 heteroatoms. The summed E-state index contributed by atoms with van der Waals surface area (Å²) in [4.78, 5) is 14.6. The van der Waals surface area contributed by atoms with E-state index < -0.39 is 0 Å². The number of carbonyl (C=O) groups excluding carboxylic acids is 1. The van der Waals surface area contributed by atoms with Gasteiger partial charge in [-0.05, 0) is 35.7 Å². The first kappa shape index (κ1) is 14.0. The third kappa shape index (κ3) is 2.74. The summed E-state index contributed by atoms with van der Waals surface area (Å²) in [5, 5.41) is 0.538. The minimum absolute atomic E-state index is 0.0381. The van der Waals surface area contributed by atoms with Crippen LogP contribution in [0.4, 0.5) is 0 Å². The zero-order valence-corrected chi connectivity index (χ0v) is 12.6. The molecule has 0 unspecified atom stereocenters. The van der Waals surface area contributed by atoms with Gasteiger partial charge in [-0.3, -0.25) is 4.79 Å². The standard InChI is InChI=1S/C17H16ClNO2/c1-21-16-7-6-14(18)10-15(16)17(20)19-9-8-12-4-2-3-5-13(12)11-19/h2-7,10H,8-9,11H2,1H3. The lowest BCUT2D eigenvalue weighted by atomic mass is 9.99. The lowest BCUT2D eigenvalue weighted by Gasteiger charge is -2.29. The van der Waals surface area contributed by atoms with Crippen LogP contribution >= 0.6 is 11.6 Å². The second-order valence-corrected chi connectivity index (χ2v) is 5.53. The number of hydrogen-bond donors (Lipinski definition) is 0. The van der Waals surface area contributed by atoms with E-state index in [9.17, 15) is 4.79 Å². The molecule has 0 aromatic heterocycles. The molecule has 0 radical (unpaired) electrons. The summed E-state index contributed by atoms with van der Waals surface area (Å²) in [7, 11) is 1.56. The summed E-state index contributed by atoms with van der Waals surface area (Å²) < 4.78 is 5.28. The van der Waals surface area contributed by atoms with Crippen molar-refractivity contribution in [3.8, 4) is 5.75 Å². The number of nitrogens with zero attached hydrogens (tertiary/aromatic N) is 1. The molecule has 3 nitrogen and oxygen atoms in total. The largest absolute Gasteiger partial charge is 0.496 e. The molecular formula is C17H16ClNO2. The predicted molar refractivity (Wildman–Crippen MR) is 82.9 cm³/mol. The van der Waals surface area contributed by atoms with Gasteiger partial charge in [0.15, 0.2) is 0 Å². The van der Waals surface area contributed by atoms with Crippen LogP contribution < -0.4 is 4.74 Å². The highest BCUT2D eigenvalue weighted by Gasteiger charge is 2.24. The number of carbonyl (C=O) groups is 1. The van der Waals surface area contributed by atoms with Gasteiger partial charge in [0.2, 0.25) is 0 Å². The SMILES string of the molecule is COc1ccc(Cl)cc1C(=O)N1CCc2ccccc2C1. The molecule has 0 saturated carbocycles. The lowest BCUT2D eigenvalue weighted by molar-refractivity contribution is 0.0731. The van der Waals surface area contributed by atoms with Crippen LogP contribution in [0.2, 0.25) is 5.02 Å². The molecule has 1 amide bonds. The van der Waals surface area contributed by atoms with E-state index in [0.717, 1.165) is 6.42 Å². The Morgan fingerprint density at radius 3 is 2.71 bits per heavy atom. The molecule has 2 aromatic rings. The molecule has 0 saturated heterocycles. The Labute approximate surface area is 129 Å². The highest BCUT2D eigenvalue weighted by Crippen LogP contribution is 2.26. The Balaban J connectivity index is 1.89. The number of benzene rings is 2. The maximum absolute atomic E-state index is 12.7. The highest BCUT2D eigenvalue weighted by molar-refractivity contribution is 6.31. The van der Waals surface area contributed by atoms with E-state index >= 15 is 0 Å². The van der Waals surface area contributed by atoms with Crippen LogP contribution in [0.3, 0.4) is 0 Å². The van der Waals surface area contributed by atoms with Gasteiger partial charge >= 0.3 is 0 Å². The first-order chi connectivity index (χ1) is 10.2. The van der Waals surface area contributed by atoms with Crippen molar-refractivity contribution in [2.45, 2.75) is 13.0 Å². The van der Waals surface area contributed by atoms with Crippen LogP contribution in [0.25, 0.3) is 0 Å². The smallest absolute Gasteiger partial charge is 0.257 e. The predicted octanol–water partition coefficient (Wildman–Crippen LogP) is 3.55. The number of ether oxygens (including phenoxy) is 1. The first-order valence-corrected chi connectivity index (χ1v) is 7.26. The fourth-order valence-electron chi connectivity index (χ4n) is 2.69. The van der Waals surface area contributed by atoms with Gasteiger partial charge in [0.1, 0.15) is 5.75 Å². The van der Waals surface area contributed by atoms with Crippen LogP contribution in [-0.2, 0) is 13.0 Å². The fourth-order valence-corrected chi connectivity index (χ4v) is 2.86. The summed E-state index contributed by atoms with van der Waals surface area (Å²) in [6, 6.07) is 13.4. The highest BCUT2D eigenvalue weighted by atomic mass is 35.5. The second kappa shape index (κ2) is 5.78. The number of rotatable bonds is 2. The van der Waals surface area contributed by atoms with Crippen LogP contribution in [0, 0.1) is 0 Å². The van der Waals surface area contributed by atoms with Gasteiger partial charge < -0.3 is 9.64 Å². The van der Waals surface area contributed by atoms with Crippen molar-refractivity contribution in [1.29, 1.82) is 0 Å². The normalized spacial score (nSPS) is 13.7. The van der Waals surface area contributed by atoms with Gasteiger partial charge in [-0.2, -0.15) is 0 Å². The molecule has 0 spiro atoms. The lowest BCUT2D eigenvalue weighted by Crippen LogP contribution is -2.36. The average Bonchev–Trinajstić information content (AvgIpc) is 2.53. The third-order valence-electron chi connectivity index (χ3n) is 3.81. The molecule has 1 heterocycles. The summed E-state index contributed by atoms with van der Waals surface area (Å²) in [6.07, 6.45) is 0.880. The van der Waals surface area contributed by atoms with E-state index in [2.05, 4.69) is 12.1 Å². The van der Waals surface area contributed by atoms with E-state index in [-0.39, 0.29) is 5.91 Å². The van der Waals surface area contributed by atoms with Crippen molar-refractivity contribution in [3.63, 3.8) is 0 Å². The molecule has 0 fully saturated rings. The maximum atomic E-state index is 12.7. The topological polar surface area (TPSA) is 29.5 Å². The van der Waals surface area contributed by atoms with E-state index in [0.29, 0.717) is 29.4 Å². The second-order valence-electron chi connectivity index (χ2n) is 5.09. The van der Waals surface area contributed by atoms with Crippen molar-refractivity contribution in [1.82, 2.24) is 4.90 Å². The van der Waals surface area contributed by atoms with Gasteiger partial charge in [-0.1, -0.05) is 35.9 Å². The minimum Gasteiger partial charge on any atom is -0.496 e. The molecule has 2 aromatic carbocycles. The van der Waals surface area contributed by atoms with E-state index in [1.165, 1.54) is 11.1 Å². The van der Waals surface area contributed by atoms with E-state index in [1.54, 1.807) is 25.3 Å². The molecule has 1 aliphatic heterocycles. The zero-order chi connectivity index (χ0) is 14.8. The van der Waals surface area contributed by atoms with E-state index in [4.69, 9.17) is 16.3 Å². The molecule has 1 aliphatic rings. The number of hydrogen-bond acceptors (Lipinski definition) is 2. The number of halogens is 1. The molecule has 108 valence electrons. The first-order valence-electron chi connectivity index (χ1n) is 6.88. The van der Waals surface area contributed by atoms with Crippen LogP contribution in [0.1, 0.15) is 21.5 Å². The van der Waals surface area contributed by atoms with Crippen molar-refractivity contribution < 1.29 is 9.53 Å². The van der Waals surface area contributed by atoms with Gasteiger partial charge in [-0.25, -0.2) is 0 Å². The molecular weight excluding hydrogens is 286 g/mol. The summed E-state index contributed by atoms with van der Waals surface area (Å²) in [5.41, 5.74) is 3.04. The number of amides is 1. The third-order valence-corrected chi connectivity index (χ3v) is 4.04. The molecule has 3 rings (SSSR count). The van der Waals surface area contributed by atoms with Crippen LogP contribution in [-0.4, -0.2) is 24.5 Å². The summed E-state index contributed by atoms with van der Waals surface area (Å²) in [6.45, 7) is 1.34. The monoisotopic (exact) mass is 301 g/mol. The van der Waals surface area contributed by atoms with Crippen molar-refractivity contribution in [2.24, 2.45) is 0 Å². The Kier molecular flexibility index (Phi) is 3.84. The summed E-state index contributed by atoms with van der Waals surface area (Å²) in [5.74, 6) is 0.520. The van der Waals surface area contributed by atoms with Gasteiger partial charge in [0, 0.05) is 18.1 Å². The Morgan fingerprint density at radius 2 is 1.95 bits per heavy atom. The number of methoxy groups -OCH3 is 1. The van der Waals surface area contributed by atoms with Crippen LogP contribution in [0.5, 0.6) is 5.75 Å². The zero-order valence-electron chi connectivity index (χ0n) is 11.8. The minimum atomic E-state index is -0.0381. The van der Waals surface area contributed by atoms with Gasteiger partial charge in [-0.15, -0.1) is 0 Å². The van der Waals surface area contributed by atoms with Crippen LogP contribution in [0.15, 0.2) is 42.5 Å². The maximum Gasteiger partial charge on any atom is 0.257 e. The average molecular weight is 302 g/mol. The van der Waals surface area contributed by atoms with Crippen molar-refractivity contribution in [3.05, 3.63) is 64.2 Å². The van der Waals surface area contributed by atoms with Crippen molar-refractivity contribution in [2.75, 3.05) is 13.7 Å². The van der Waals surface area contributed by atoms with Gasteiger partial charge in [0.05, 0.1) is 12.7 Å². The molecule has 0 bridgehead atoms. The van der Waals surface area contributed by atoms with Gasteiger partial charge in [0.25, 0.3) is 5.91 Å². The molecule has 0 aliphatic carbocycles. The summed E-state index contributed by atoms with van der Waals surface area (Å²) >= 11 is 6.01. The quantitative estimate of drug-likeness (QED) is 0.849. The Bertz CT molecular complexity index is 684. The molecule has 0 N–H and O–H groups in total. The Hall–Kier alpha value is -2.00. The van der Waals surface area contributed by atoms with E-state index in [1.807, 2.05) is 17.0 Å².